The lowest BCUT2D eigenvalue weighted by Crippen LogP contribution is -2.22. The first-order chi connectivity index (χ1) is 8.54. The van der Waals surface area contributed by atoms with Gasteiger partial charge in [0.1, 0.15) is 5.75 Å². The van der Waals surface area contributed by atoms with Crippen LogP contribution in [0.15, 0.2) is 39.6 Å². The van der Waals surface area contributed by atoms with Crippen LogP contribution in [0.3, 0.4) is 0 Å². The highest BCUT2D eigenvalue weighted by Crippen LogP contribution is 2.30. The van der Waals surface area contributed by atoms with E-state index in [1.807, 2.05) is 41.6 Å². The smallest absolute Gasteiger partial charge is 0.264 e. The number of benzene rings is 1. The third-order valence-electron chi connectivity index (χ3n) is 2.67. The lowest BCUT2D eigenvalue weighted by atomic mass is 10.1. The predicted octanol–water partition coefficient (Wildman–Crippen LogP) is 3.61. The van der Waals surface area contributed by atoms with E-state index in [1.165, 1.54) is 0 Å². The first kappa shape index (κ1) is 13.6. The number of nitrogens with zero attached hydrogens (tertiary/aromatic N) is 1. The SMILES string of the molecule is CCn1c(-c2ccc(O)cc2Br)ccc(I)c1=O. The van der Waals surface area contributed by atoms with Crippen molar-refractivity contribution >= 4 is 38.5 Å². The Morgan fingerprint density at radius 3 is 2.67 bits per heavy atom. The molecule has 0 saturated carbocycles. The summed E-state index contributed by atoms with van der Waals surface area (Å²) < 4.78 is 3.19. The topological polar surface area (TPSA) is 42.2 Å². The molecule has 1 aromatic carbocycles. The number of hydrogen-bond donors (Lipinski definition) is 1. The molecule has 94 valence electrons. The summed E-state index contributed by atoms with van der Waals surface area (Å²) in [5, 5.41) is 9.41. The summed E-state index contributed by atoms with van der Waals surface area (Å²) in [4.78, 5) is 12.1. The number of hydrogen-bond acceptors (Lipinski definition) is 2. The summed E-state index contributed by atoms with van der Waals surface area (Å²) in [6.07, 6.45) is 0. The number of aromatic nitrogens is 1. The Kier molecular flexibility index (Phi) is 4.11. The minimum Gasteiger partial charge on any atom is -0.508 e. The van der Waals surface area contributed by atoms with Crippen molar-refractivity contribution in [3.8, 4) is 17.0 Å². The normalized spacial score (nSPS) is 10.6. The summed E-state index contributed by atoms with van der Waals surface area (Å²) in [5.74, 6) is 0.196. The lowest BCUT2D eigenvalue weighted by Gasteiger charge is -2.13. The summed E-state index contributed by atoms with van der Waals surface area (Å²) in [6, 6.07) is 8.76. The number of phenolic OH excluding ortho intramolecular Hbond substituents is 1. The van der Waals surface area contributed by atoms with E-state index in [0.717, 1.165) is 15.7 Å². The first-order valence-corrected chi connectivity index (χ1v) is 7.30. The number of rotatable bonds is 2. The van der Waals surface area contributed by atoms with Gasteiger partial charge in [-0.2, -0.15) is 0 Å². The molecule has 0 unspecified atom stereocenters. The molecule has 0 aliphatic heterocycles. The Balaban J connectivity index is 2.71. The van der Waals surface area contributed by atoms with Crippen molar-refractivity contribution in [3.05, 3.63) is 48.7 Å². The average Bonchev–Trinajstić information content (AvgIpc) is 2.33. The Morgan fingerprint density at radius 2 is 2.06 bits per heavy atom. The van der Waals surface area contributed by atoms with E-state index in [0.29, 0.717) is 10.1 Å². The molecule has 0 radical (unpaired) electrons. The van der Waals surface area contributed by atoms with Crippen molar-refractivity contribution < 1.29 is 5.11 Å². The molecule has 1 aromatic heterocycles. The summed E-state index contributed by atoms with van der Waals surface area (Å²) in [5.41, 5.74) is 1.74. The van der Waals surface area contributed by atoms with E-state index >= 15 is 0 Å². The molecule has 0 bridgehead atoms. The fraction of sp³-hybridized carbons (Fsp3) is 0.154. The maximum absolute atomic E-state index is 12.1. The molecule has 0 saturated heterocycles. The lowest BCUT2D eigenvalue weighted by molar-refractivity contribution is 0.475. The van der Waals surface area contributed by atoms with Crippen LogP contribution in [0.25, 0.3) is 11.3 Å². The fourth-order valence-corrected chi connectivity index (χ4v) is 2.85. The highest BCUT2D eigenvalue weighted by atomic mass is 127. The van der Waals surface area contributed by atoms with Gasteiger partial charge < -0.3 is 9.67 Å². The minimum atomic E-state index is 0.00979. The van der Waals surface area contributed by atoms with Crippen molar-refractivity contribution in [2.45, 2.75) is 13.5 Å². The Hall–Kier alpha value is -0.820. The van der Waals surface area contributed by atoms with Gasteiger partial charge in [0.05, 0.1) is 9.26 Å². The van der Waals surface area contributed by atoms with Gasteiger partial charge in [-0.1, -0.05) is 0 Å². The van der Waals surface area contributed by atoms with E-state index in [2.05, 4.69) is 15.9 Å². The summed E-state index contributed by atoms with van der Waals surface area (Å²) in [6.45, 7) is 2.55. The van der Waals surface area contributed by atoms with Crippen LogP contribution in [0.4, 0.5) is 0 Å². The number of aromatic hydroxyl groups is 1. The third-order valence-corrected chi connectivity index (χ3v) is 4.15. The van der Waals surface area contributed by atoms with E-state index in [1.54, 1.807) is 22.8 Å². The van der Waals surface area contributed by atoms with Crippen LogP contribution >= 0.6 is 38.5 Å². The monoisotopic (exact) mass is 419 g/mol. The van der Waals surface area contributed by atoms with Gasteiger partial charge in [0.2, 0.25) is 0 Å². The Morgan fingerprint density at radius 1 is 1.33 bits per heavy atom. The molecule has 18 heavy (non-hydrogen) atoms. The molecule has 1 N–H and O–H groups in total. The molecule has 2 rings (SSSR count). The standard InChI is InChI=1S/C13H11BrINO2/c1-2-16-12(6-5-11(15)13(16)18)9-4-3-8(17)7-10(9)14/h3-7,17H,2H2,1H3. The molecule has 5 heteroatoms. The highest BCUT2D eigenvalue weighted by molar-refractivity contribution is 14.1. The first-order valence-electron chi connectivity index (χ1n) is 5.42. The number of halogens is 2. The Bertz CT molecular complexity index is 652. The summed E-state index contributed by atoms with van der Waals surface area (Å²) in [7, 11) is 0. The largest absolute Gasteiger partial charge is 0.508 e. The second kappa shape index (κ2) is 5.44. The highest BCUT2D eigenvalue weighted by Gasteiger charge is 2.10. The van der Waals surface area contributed by atoms with E-state index in [-0.39, 0.29) is 11.3 Å². The Labute approximate surface area is 127 Å². The average molecular weight is 420 g/mol. The minimum absolute atomic E-state index is 0.00979. The number of pyridine rings is 1. The van der Waals surface area contributed by atoms with Crippen molar-refractivity contribution in [3.63, 3.8) is 0 Å². The molecule has 0 aliphatic rings. The van der Waals surface area contributed by atoms with Crippen molar-refractivity contribution in [1.82, 2.24) is 4.57 Å². The maximum atomic E-state index is 12.1. The van der Waals surface area contributed by atoms with Crippen molar-refractivity contribution in [2.24, 2.45) is 0 Å². The van der Waals surface area contributed by atoms with Crippen LogP contribution in [0.2, 0.25) is 0 Å². The molecular weight excluding hydrogens is 409 g/mol. The van der Waals surface area contributed by atoms with Gasteiger partial charge in [0, 0.05) is 16.6 Å². The molecule has 0 atom stereocenters. The zero-order valence-electron chi connectivity index (χ0n) is 9.65. The second-order valence-electron chi connectivity index (χ2n) is 3.78. The van der Waals surface area contributed by atoms with Crippen LogP contribution in [0.1, 0.15) is 6.92 Å². The summed E-state index contributed by atoms with van der Waals surface area (Å²) >= 11 is 5.45. The van der Waals surface area contributed by atoms with Gasteiger partial charge >= 0.3 is 0 Å². The van der Waals surface area contributed by atoms with Gasteiger partial charge in [-0.05, 0) is 75.8 Å². The van der Waals surface area contributed by atoms with Crippen LogP contribution < -0.4 is 5.56 Å². The van der Waals surface area contributed by atoms with Crippen LogP contribution in [0.5, 0.6) is 5.75 Å². The molecule has 0 amide bonds. The molecule has 2 aromatic rings. The van der Waals surface area contributed by atoms with E-state index in [4.69, 9.17) is 0 Å². The molecule has 0 fully saturated rings. The predicted molar refractivity (Wildman–Crippen MR) is 83.9 cm³/mol. The molecule has 3 nitrogen and oxygen atoms in total. The molecule has 0 aliphatic carbocycles. The second-order valence-corrected chi connectivity index (χ2v) is 5.80. The third kappa shape index (κ3) is 2.47. The van der Waals surface area contributed by atoms with E-state index in [9.17, 15) is 9.90 Å². The molecule has 1 heterocycles. The van der Waals surface area contributed by atoms with Crippen molar-refractivity contribution in [1.29, 1.82) is 0 Å². The van der Waals surface area contributed by atoms with Gasteiger partial charge in [-0.15, -0.1) is 0 Å². The zero-order chi connectivity index (χ0) is 13.3. The van der Waals surface area contributed by atoms with Gasteiger partial charge in [0.25, 0.3) is 5.56 Å². The van der Waals surface area contributed by atoms with Crippen LogP contribution in [0, 0.1) is 3.57 Å². The maximum Gasteiger partial charge on any atom is 0.264 e. The number of phenols is 1. The quantitative estimate of drug-likeness (QED) is 0.755. The van der Waals surface area contributed by atoms with Crippen LogP contribution in [-0.4, -0.2) is 9.67 Å². The zero-order valence-corrected chi connectivity index (χ0v) is 13.4. The van der Waals surface area contributed by atoms with Crippen molar-refractivity contribution in [2.75, 3.05) is 0 Å². The molecular formula is C13H11BrINO2. The van der Waals surface area contributed by atoms with E-state index < -0.39 is 0 Å². The molecule has 0 spiro atoms. The fourth-order valence-electron chi connectivity index (χ4n) is 1.81. The van der Waals surface area contributed by atoms with Gasteiger partial charge in [-0.3, -0.25) is 4.79 Å². The van der Waals surface area contributed by atoms with Gasteiger partial charge in [-0.25, -0.2) is 0 Å². The van der Waals surface area contributed by atoms with Crippen LogP contribution in [-0.2, 0) is 6.54 Å². The van der Waals surface area contributed by atoms with Gasteiger partial charge in [0.15, 0.2) is 0 Å².